The van der Waals surface area contributed by atoms with Crippen molar-refractivity contribution in [3.8, 4) is 0 Å². The summed E-state index contributed by atoms with van der Waals surface area (Å²) < 4.78 is 5.76. The molecule has 1 N–H and O–H groups in total. The van der Waals surface area contributed by atoms with Gasteiger partial charge in [0.2, 0.25) is 0 Å². The molecule has 1 aromatic heterocycles. The third-order valence-electron chi connectivity index (χ3n) is 6.06. The van der Waals surface area contributed by atoms with E-state index in [0.717, 1.165) is 48.2 Å². The zero-order chi connectivity index (χ0) is 17.7. The predicted molar refractivity (Wildman–Crippen MR) is 102 cm³/mol. The van der Waals surface area contributed by atoms with Crippen LogP contribution >= 0.6 is 0 Å². The van der Waals surface area contributed by atoms with Gasteiger partial charge in [-0.05, 0) is 58.5 Å². The maximum absolute atomic E-state index is 12.4. The Morgan fingerprint density at radius 1 is 1.16 bits per heavy atom. The number of anilines is 1. The van der Waals surface area contributed by atoms with Crippen molar-refractivity contribution < 1.29 is 4.42 Å². The number of nitrogens with one attached hydrogen (secondary N) is 1. The van der Waals surface area contributed by atoms with Crippen LogP contribution in [0.3, 0.4) is 0 Å². The van der Waals surface area contributed by atoms with E-state index in [1.165, 1.54) is 11.3 Å². The Balaban J connectivity index is 1.82. The molecule has 0 unspecified atom stereocenters. The van der Waals surface area contributed by atoms with Gasteiger partial charge >= 0.3 is 5.63 Å². The van der Waals surface area contributed by atoms with Gasteiger partial charge in [0.1, 0.15) is 5.58 Å². The summed E-state index contributed by atoms with van der Waals surface area (Å²) in [4.78, 5) is 17.3. The van der Waals surface area contributed by atoms with Crippen LogP contribution in [0.4, 0.5) is 5.69 Å². The van der Waals surface area contributed by atoms with Gasteiger partial charge in [0.25, 0.3) is 0 Å². The van der Waals surface area contributed by atoms with Crippen LogP contribution in [0.1, 0.15) is 30.5 Å². The minimum atomic E-state index is -0.185. The lowest BCUT2D eigenvalue weighted by molar-refractivity contribution is 0.170. The Morgan fingerprint density at radius 3 is 2.60 bits per heavy atom. The monoisotopic (exact) mass is 341 g/mol. The lowest BCUT2D eigenvalue weighted by atomic mass is 9.96. The molecule has 0 bridgehead atoms. The van der Waals surface area contributed by atoms with Crippen molar-refractivity contribution in [2.45, 2.75) is 45.8 Å². The van der Waals surface area contributed by atoms with E-state index in [9.17, 15) is 4.79 Å². The van der Waals surface area contributed by atoms with Crippen LogP contribution < -0.4 is 15.8 Å². The first-order valence-corrected chi connectivity index (χ1v) is 9.23. The molecule has 5 nitrogen and oxygen atoms in total. The lowest BCUT2D eigenvalue weighted by Crippen LogP contribution is -2.55. The number of nitrogens with zero attached hydrogens (tertiary/aromatic N) is 2. The number of piperazine rings is 1. The highest BCUT2D eigenvalue weighted by Gasteiger charge is 2.28. The minimum absolute atomic E-state index is 0.185. The number of aryl methyl sites for hydroxylation is 1. The predicted octanol–water partition coefficient (Wildman–Crippen LogP) is 2.28. The summed E-state index contributed by atoms with van der Waals surface area (Å²) in [5, 5.41) is 4.37. The van der Waals surface area contributed by atoms with Crippen molar-refractivity contribution in [3.63, 3.8) is 0 Å². The van der Waals surface area contributed by atoms with Crippen LogP contribution in [0.25, 0.3) is 11.0 Å². The normalized spacial score (nSPS) is 24.6. The van der Waals surface area contributed by atoms with Gasteiger partial charge in [0.15, 0.2) is 0 Å². The number of rotatable bonds is 1. The SMILES string of the molecule is Cc1c(N2C[C@@H](C)N(C)[C@@H](C)C2)ccc2c3c(c(=O)oc12)CNCC3. The molecule has 1 saturated heterocycles. The van der Waals surface area contributed by atoms with E-state index in [2.05, 4.69) is 55.1 Å². The van der Waals surface area contributed by atoms with E-state index < -0.39 is 0 Å². The van der Waals surface area contributed by atoms with Crippen LogP contribution in [-0.4, -0.2) is 43.7 Å². The van der Waals surface area contributed by atoms with Crippen molar-refractivity contribution in [3.05, 3.63) is 39.2 Å². The van der Waals surface area contributed by atoms with Gasteiger partial charge in [0, 0.05) is 48.4 Å². The highest BCUT2D eigenvalue weighted by molar-refractivity contribution is 5.88. The number of fused-ring (bicyclic) bond motifs is 3. The summed E-state index contributed by atoms with van der Waals surface area (Å²) in [5.74, 6) is 0. The molecule has 2 aliphatic rings. The zero-order valence-corrected chi connectivity index (χ0v) is 15.6. The molecule has 2 atom stereocenters. The van der Waals surface area contributed by atoms with Gasteiger partial charge in [-0.15, -0.1) is 0 Å². The fraction of sp³-hybridized carbons (Fsp3) is 0.550. The van der Waals surface area contributed by atoms with Gasteiger partial charge in [-0.25, -0.2) is 4.79 Å². The second-order valence-corrected chi connectivity index (χ2v) is 7.63. The molecular formula is C20H27N3O2. The summed E-state index contributed by atoms with van der Waals surface area (Å²) >= 11 is 0. The van der Waals surface area contributed by atoms with E-state index in [0.29, 0.717) is 18.6 Å². The molecule has 1 aromatic carbocycles. The van der Waals surface area contributed by atoms with Gasteiger partial charge < -0.3 is 14.6 Å². The maximum atomic E-state index is 12.4. The molecule has 134 valence electrons. The molecule has 3 heterocycles. The first-order chi connectivity index (χ1) is 12.0. The van der Waals surface area contributed by atoms with Crippen LogP contribution in [0.5, 0.6) is 0 Å². The van der Waals surface area contributed by atoms with E-state index in [4.69, 9.17) is 4.42 Å². The highest BCUT2D eigenvalue weighted by atomic mass is 16.4. The molecule has 25 heavy (non-hydrogen) atoms. The van der Waals surface area contributed by atoms with Crippen LogP contribution in [0, 0.1) is 6.92 Å². The molecule has 0 spiro atoms. The van der Waals surface area contributed by atoms with Crippen molar-refractivity contribution in [2.24, 2.45) is 0 Å². The molecule has 1 fully saturated rings. The fourth-order valence-corrected chi connectivity index (χ4v) is 4.33. The maximum Gasteiger partial charge on any atom is 0.341 e. The molecule has 0 saturated carbocycles. The van der Waals surface area contributed by atoms with Gasteiger partial charge in [-0.3, -0.25) is 4.90 Å². The van der Waals surface area contributed by atoms with E-state index in [1.807, 2.05) is 0 Å². The minimum Gasteiger partial charge on any atom is -0.422 e. The third-order valence-corrected chi connectivity index (χ3v) is 6.06. The Labute approximate surface area is 148 Å². The fourth-order valence-electron chi connectivity index (χ4n) is 4.33. The summed E-state index contributed by atoms with van der Waals surface area (Å²) in [7, 11) is 2.19. The largest absolute Gasteiger partial charge is 0.422 e. The first kappa shape index (κ1) is 16.6. The average Bonchev–Trinajstić information content (AvgIpc) is 2.60. The summed E-state index contributed by atoms with van der Waals surface area (Å²) in [6, 6.07) is 5.37. The summed E-state index contributed by atoms with van der Waals surface area (Å²) in [6.45, 7) is 10.1. The average molecular weight is 341 g/mol. The van der Waals surface area contributed by atoms with Crippen LogP contribution in [0.2, 0.25) is 0 Å². The van der Waals surface area contributed by atoms with E-state index in [1.54, 1.807) is 0 Å². The van der Waals surface area contributed by atoms with Crippen molar-refractivity contribution in [1.82, 2.24) is 10.2 Å². The van der Waals surface area contributed by atoms with Crippen molar-refractivity contribution in [1.29, 1.82) is 0 Å². The smallest absolute Gasteiger partial charge is 0.341 e. The molecule has 5 heteroatoms. The Hall–Kier alpha value is -1.85. The number of likely N-dealkylation sites (N-methyl/N-ethyl adjacent to an activating group) is 1. The number of hydrogen-bond donors (Lipinski definition) is 1. The van der Waals surface area contributed by atoms with Gasteiger partial charge in [0.05, 0.1) is 5.56 Å². The first-order valence-electron chi connectivity index (χ1n) is 9.23. The van der Waals surface area contributed by atoms with Crippen LogP contribution in [0.15, 0.2) is 21.3 Å². The summed E-state index contributed by atoms with van der Waals surface area (Å²) in [6.07, 6.45) is 0.888. The van der Waals surface area contributed by atoms with Gasteiger partial charge in [-0.1, -0.05) is 0 Å². The lowest BCUT2D eigenvalue weighted by Gasteiger charge is -2.44. The van der Waals surface area contributed by atoms with E-state index >= 15 is 0 Å². The van der Waals surface area contributed by atoms with Gasteiger partial charge in [-0.2, -0.15) is 0 Å². The number of benzene rings is 1. The molecule has 2 aromatic rings. The number of hydrogen-bond acceptors (Lipinski definition) is 5. The third kappa shape index (κ3) is 2.66. The Bertz CT molecular complexity index is 861. The standard InChI is InChI=1S/C20H27N3O2/c1-12-10-23(11-13(2)22(12)4)18-6-5-16-15-7-8-21-9-17(15)20(24)25-19(16)14(18)3/h5-6,12-13,21H,7-11H2,1-4H3/t12-,13+. The molecule has 4 rings (SSSR count). The second-order valence-electron chi connectivity index (χ2n) is 7.63. The highest BCUT2D eigenvalue weighted by Crippen LogP contribution is 2.33. The molecule has 0 amide bonds. The molecular weight excluding hydrogens is 314 g/mol. The Kier molecular flexibility index (Phi) is 4.08. The second kappa shape index (κ2) is 6.15. The van der Waals surface area contributed by atoms with Crippen molar-refractivity contribution in [2.75, 3.05) is 31.6 Å². The molecule has 0 aliphatic carbocycles. The Morgan fingerprint density at radius 2 is 1.88 bits per heavy atom. The zero-order valence-electron chi connectivity index (χ0n) is 15.6. The molecule has 2 aliphatic heterocycles. The van der Waals surface area contributed by atoms with E-state index in [-0.39, 0.29) is 5.63 Å². The summed E-state index contributed by atoms with van der Waals surface area (Å²) in [5.41, 5.74) is 4.82. The van der Waals surface area contributed by atoms with Crippen molar-refractivity contribution >= 4 is 16.7 Å². The molecule has 0 radical (unpaired) electrons. The topological polar surface area (TPSA) is 48.7 Å². The van der Waals surface area contributed by atoms with Crippen LogP contribution in [-0.2, 0) is 13.0 Å². The quantitative estimate of drug-likeness (QED) is 0.807.